The third kappa shape index (κ3) is 2.85. The Kier molecular flexibility index (Phi) is 4.42. The van der Waals surface area contributed by atoms with Gasteiger partial charge in [0.2, 0.25) is 0 Å². The third-order valence-corrected chi connectivity index (χ3v) is 5.28. The molecule has 0 N–H and O–H groups in total. The van der Waals surface area contributed by atoms with Crippen molar-refractivity contribution >= 4 is 5.78 Å². The van der Waals surface area contributed by atoms with Gasteiger partial charge < -0.3 is 0 Å². The van der Waals surface area contributed by atoms with Crippen molar-refractivity contribution in [3.8, 4) is 12.3 Å². The summed E-state index contributed by atoms with van der Waals surface area (Å²) in [5.74, 6) is 3.24. The smallest absolute Gasteiger partial charge is 0.193 e. The van der Waals surface area contributed by atoms with Crippen molar-refractivity contribution < 1.29 is 4.79 Å². The molecule has 3 aromatic carbocycles. The van der Waals surface area contributed by atoms with Gasteiger partial charge in [-0.15, -0.1) is 12.3 Å². The number of terminal acetylenes is 1. The van der Waals surface area contributed by atoms with Crippen LogP contribution in [0, 0.1) is 18.3 Å². The van der Waals surface area contributed by atoms with Gasteiger partial charge in [0.05, 0.1) is 0 Å². The molecule has 0 saturated carbocycles. The number of rotatable bonds is 4. The van der Waals surface area contributed by atoms with Crippen LogP contribution in [0.3, 0.4) is 0 Å². The Bertz CT molecular complexity index is 929. The molecular formula is C25H20O. The van der Waals surface area contributed by atoms with Crippen LogP contribution < -0.4 is 0 Å². The molecule has 1 nitrogen and oxygen atoms in total. The van der Waals surface area contributed by atoms with Gasteiger partial charge in [0.25, 0.3) is 0 Å². The lowest BCUT2D eigenvalue weighted by molar-refractivity contribution is 0.103. The van der Waals surface area contributed by atoms with Gasteiger partial charge in [-0.2, -0.15) is 0 Å². The molecule has 26 heavy (non-hydrogen) atoms. The maximum atomic E-state index is 12.9. The number of carbonyl (C=O) groups is 1. The first kappa shape index (κ1) is 16.4. The zero-order chi connectivity index (χ0) is 17.9. The molecule has 0 saturated heterocycles. The van der Waals surface area contributed by atoms with Gasteiger partial charge in [0, 0.05) is 23.0 Å². The van der Waals surface area contributed by atoms with Crippen LogP contribution in [0.1, 0.15) is 45.0 Å². The largest absolute Gasteiger partial charge is 0.289 e. The number of hydrogen-bond acceptors (Lipinski definition) is 1. The van der Waals surface area contributed by atoms with Crippen LogP contribution in [-0.4, -0.2) is 5.78 Å². The highest BCUT2D eigenvalue weighted by Gasteiger charge is 2.34. The fourth-order valence-corrected chi connectivity index (χ4v) is 4.01. The number of fused-ring (bicyclic) bond motifs is 2. The standard InChI is InChI=1S/C25H20O/c1-2-19(17-16-18-10-4-3-5-11-18)24-20-12-6-8-14-22(20)25(26)23-15-9-7-13-21(23)24/h1,3-15,19,24H,16-17H2/t19-/m1/s1. The first-order valence-corrected chi connectivity index (χ1v) is 9.02. The van der Waals surface area contributed by atoms with Gasteiger partial charge in [-0.05, 0) is 29.5 Å². The van der Waals surface area contributed by atoms with E-state index < -0.39 is 0 Å². The van der Waals surface area contributed by atoms with E-state index in [1.54, 1.807) is 0 Å². The van der Waals surface area contributed by atoms with Crippen molar-refractivity contribution in [2.45, 2.75) is 18.8 Å². The van der Waals surface area contributed by atoms with Gasteiger partial charge in [0.15, 0.2) is 5.78 Å². The number of aryl methyl sites for hydroxylation is 1. The van der Waals surface area contributed by atoms with Gasteiger partial charge in [-0.1, -0.05) is 78.9 Å². The Morgan fingerprint density at radius 3 is 1.92 bits per heavy atom. The van der Waals surface area contributed by atoms with Crippen LogP contribution in [0.2, 0.25) is 0 Å². The van der Waals surface area contributed by atoms with Crippen molar-refractivity contribution in [2.75, 3.05) is 0 Å². The van der Waals surface area contributed by atoms with E-state index in [0.29, 0.717) is 0 Å². The Morgan fingerprint density at radius 1 is 0.808 bits per heavy atom. The summed E-state index contributed by atoms with van der Waals surface area (Å²) in [6, 6.07) is 26.2. The summed E-state index contributed by atoms with van der Waals surface area (Å²) in [5.41, 5.74) is 4.99. The molecule has 1 atom stereocenters. The summed E-state index contributed by atoms with van der Waals surface area (Å²) < 4.78 is 0. The molecule has 0 bridgehead atoms. The second-order valence-electron chi connectivity index (χ2n) is 6.78. The lowest BCUT2D eigenvalue weighted by Gasteiger charge is -2.31. The molecule has 1 aliphatic carbocycles. The summed E-state index contributed by atoms with van der Waals surface area (Å²) in [4.78, 5) is 12.9. The Morgan fingerprint density at radius 2 is 1.35 bits per heavy atom. The van der Waals surface area contributed by atoms with Crippen molar-refractivity contribution in [1.29, 1.82) is 0 Å². The number of carbonyl (C=O) groups excluding carboxylic acids is 1. The van der Waals surface area contributed by atoms with Gasteiger partial charge in [0.1, 0.15) is 0 Å². The molecule has 0 heterocycles. The Hall–Kier alpha value is -3.11. The van der Waals surface area contributed by atoms with Gasteiger partial charge >= 0.3 is 0 Å². The van der Waals surface area contributed by atoms with Gasteiger partial charge in [-0.3, -0.25) is 4.79 Å². The fourth-order valence-electron chi connectivity index (χ4n) is 4.01. The molecule has 0 aromatic heterocycles. The molecule has 1 aliphatic rings. The zero-order valence-electron chi connectivity index (χ0n) is 14.6. The summed E-state index contributed by atoms with van der Waals surface area (Å²) in [6.07, 6.45) is 7.81. The average Bonchev–Trinajstić information content (AvgIpc) is 2.71. The number of hydrogen-bond donors (Lipinski definition) is 0. The minimum Gasteiger partial charge on any atom is -0.289 e. The molecule has 4 rings (SSSR count). The van der Waals surface area contributed by atoms with Crippen molar-refractivity contribution in [3.05, 3.63) is 107 Å². The van der Waals surface area contributed by atoms with Crippen LogP contribution in [0.4, 0.5) is 0 Å². The monoisotopic (exact) mass is 336 g/mol. The predicted molar refractivity (Wildman–Crippen MR) is 105 cm³/mol. The van der Waals surface area contributed by atoms with Crippen molar-refractivity contribution in [1.82, 2.24) is 0 Å². The lowest BCUT2D eigenvalue weighted by atomic mass is 9.70. The van der Waals surface area contributed by atoms with E-state index in [0.717, 1.165) is 35.1 Å². The van der Waals surface area contributed by atoms with Crippen LogP contribution in [-0.2, 0) is 6.42 Å². The van der Waals surface area contributed by atoms with E-state index in [2.05, 4.69) is 42.3 Å². The fraction of sp³-hybridized carbons (Fsp3) is 0.160. The molecule has 0 radical (unpaired) electrons. The molecule has 0 unspecified atom stereocenters. The van der Waals surface area contributed by atoms with E-state index >= 15 is 0 Å². The number of ketones is 1. The zero-order valence-corrected chi connectivity index (χ0v) is 14.6. The third-order valence-electron chi connectivity index (χ3n) is 5.28. The molecule has 0 amide bonds. The lowest BCUT2D eigenvalue weighted by Crippen LogP contribution is -2.24. The minimum absolute atomic E-state index is 0.0469. The Balaban J connectivity index is 1.74. The molecular weight excluding hydrogens is 316 g/mol. The first-order chi connectivity index (χ1) is 12.8. The molecule has 1 heteroatoms. The highest BCUT2D eigenvalue weighted by atomic mass is 16.1. The normalized spacial score (nSPS) is 14.2. The maximum Gasteiger partial charge on any atom is 0.193 e. The second kappa shape index (κ2) is 7.02. The highest BCUT2D eigenvalue weighted by molar-refractivity contribution is 6.12. The molecule has 0 fully saturated rings. The minimum atomic E-state index is 0.0469. The van der Waals surface area contributed by atoms with E-state index in [1.165, 1.54) is 5.56 Å². The van der Waals surface area contributed by atoms with Gasteiger partial charge in [-0.25, -0.2) is 0 Å². The molecule has 3 aromatic rings. The summed E-state index contributed by atoms with van der Waals surface area (Å²) in [6.45, 7) is 0. The van der Waals surface area contributed by atoms with Crippen LogP contribution in [0.5, 0.6) is 0 Å². The molecule has 0 aliphatic heterocycles. The quantitative estimate of drug-likeness (QED) is 0.595. The van der Waals surface area contributed by atoms with E-state index in [4.69, 9.17) is 6.42 Å². The average molecular weight is 336 g/mol. The van der Waals surface area contributed by atoms with Crippen LogP contribution in [0.15, 0.2) is 78.9 Å². The Labute approximate surface area is 154 Å². The summed E-state index contributed by atoms with van der Waals surface area (Å²) in [7, 11) is 0. The molecule has 0 spiro atoms. The molecule has 126 valence electrons. The first-order valence-electron chi connectivity index (χ1n) is 9.02. The predicted octanol–water partition coefficient (Wildman–Crippen LogP) is 5.25. The topological polar surface area (TPSA) is 17.1 Å². The van der Waals surface area contributed by atoms with Crippen LogP contribution in [0.25, 0.3) is 0 Å². The second-order valence-corrected chi connectivity index (χ2v) is 6.78. The van der Waals surface area contributed by atoms with E-state index in [-0.39, 0.29) is 17.6 Å². The van der Waals surface area contributed by atoms with E-state index in [9.17, 15) is 4.79 Å². The van der Waals surface area contributed by atoms with Crippen LogP contribution >= 0.6 is 0 Å². The maximum absolute atomic E-state index is 12.9. The van der Waals surface area contributed by atoms with E-state index in [1.807, 2.05) is 42.5 Å². The number of benzene rings is 3. The SMILES string of the molecule is C#C[C@H](CCc1ccccc1)C1c2ccccc2C(=O)c2ccccc21. The van der Waals surface area contributed by atoms with Crippen molar-refractivity contribution in [2.24, 2.45) is 5.92 Å². The highest BCUT2D eigenvalue weighted by Crippen LogP contribution is 2.42. The van der Waals surface area contributed by atoms with Crippen molar-refractivity contribution in [3.63, 3.8) is 0 Å². The summed E-state index contributed by atoms with van der Waals surface area (Å²) >= 11 is 0. The summed E-state index contributed by atoms with van der Waals surface area (Å²) in [5, 5.41) is 0.